The second-order valence-electron chi connectivity index (χ2n) is 7.78. The van der Waals surface area contributed by atoms with Gasteiger partial charge in [0.2, 0.25) is 11.9 Å². The Balaban J connectivity index is 1.43. The number of allylic oxidation sites excluding steroid dienone is 3. The molecule has 33 heavy (non-hydrogen) atoms. The molecule has 0 aliphatic carbocycles. The summed E-state index contributed by atoms with van der Waals surface area (Å²) in [6.45, 7) is 8.55. The normalized spacial score (nSPS) is 14.5. The third kappa shape index (κ3) is 7.13. The van der Waals surface area contributed by atoms with Crippen molar-refractivity contribution in [1.29, 1.82) is 0 Å². The monoisotopic (exact) mass is 450 g/mol. The SMILES string of the molecule is CC=CC=C(C)COc1cnc(N2CCN(C(=O)CNC(=O)c3ccnc(C)c3)CC2)nc1. The number of rotatable bonds is 8. The number of piperazine rings is 1. The summed E-state index contributed by atoms with van der Waals surface area (Å²) < 4.78 is 5.70. The van der Waals surface area contributed by atoms with E-state index < -0.39 is 0 Å². The van der Waals surface area contributed by atoms with Gasteiger partial charge in [0.25, 0.3) is 5.91 Å². The summed E-state index contributed by atoms with van der Waals surface area (Å²) in [6, 6.07) is 3.32. The van der Waals surface area contributed by atoms with Crippen LogP contribution >= 0.6 is 0 Å². The van der Waals surface area contributed by atoms with Crippen LogP contribution in [0.25, 0.3) is 0 Å². The summed E-state index contributed by atoms with van der Waals surface area (Å²) in [5.41, 5.74) is 2.35. The van der Waals surface area contributed by atoms with Gasteiger partial charge in [-0.05, 0) is 38.5 Å². The molecule has 0 atom stereocenters. The lowest BCUT2D eigenvalue weighted by molar-refractivity contribution is -0.130. The lowest BCUT2D eigenvalue weighted by atomic mass is 10.2. The van der Waals surface area contributed by atoms with E-state index >= 15 is 0 Å². The molecule has 2 amide bonds. The van der Waals surface area contributed by atoms with Crippen LogP contribution in [0.4, 0.5) is 5.95 Å². The number of anilines is 1. The van der Waals surface area contributed by atoms with Crippen LogP contribution in [-0.2, 0) is 4.79 Å². The van der Waals surface area contributed by atoms with Crippen molar-refractivity contribution in [3.05, 3.63) is 65.8 Å². The van der Waals surface area contributed by atoms with E-state index in [1.165, 1.54) is 0 Å². The van der Waals surface area contributed by atoms with E-state index in [1.54, 1.807) is 35.6 Å². The van der Waals surface area contributed by atoms with E-state index in [0.717, 1.165) is 11.3 Å². The predicted molar refractivity (Wildman–Crippen MR) is 126 cm³/mol. The van der Waals surface area contributed by atoms with Crippen molar-refractivity contribution in [3.63, 3.8) is 0 Å². The van der Waals surface area contributed by atoms with Gasteiger partial charge >= 0.3 is 0 Å². The number of carbonyl (C=O) groups excluding carboxylic acids is 2. The number of pyridine rings is 1. The quantitative estimate of drug-likeness (QED) is 0.615. The Morgan fingerprint density at radius 2 is 1.88 bits per heavy atom. The molecule has 0 bridgehead atoms. The maximum Gasteiger partial charge on any atom is 0.251 e. The number of hydrogen-bond acceptors (Lipinski definition) is 7. The van der Waals surface area contributed by atoms with Gasteiger partial charge < -0.3 is 19.9 Å². The van der Waals surface area contributed by atoms with Crippen molar-refractivity contribution in [3.8, 4) is 5.75 Å². The minimum atomic E-state index is -0.282. The molecule has 0 radical (unpaired) electrons. The molecular weight excluding hydrogens is 420 g/mol. The largest absolute Gasteiger partial charge is 0.486 e. The van der Waals surface area contributed by atoms with Gasteiger partial charge in [0, 0.05) is 43.6 Å². The van der Waals surface area contributed by atoms with E-state index in [1.807, 2.05) is 43.9 Å². The van der Waals surface area contributed by atoms with Crippen LogP contribution < -0.4 is 15.0 Å². The molecule has 0 saturated carbocycles. The lowest BCUT2D eigenvalue weighted by Crippen LogP contribution is -2.51. The van der Waals surface area contributed by atoms with E-state index in [9.17, 15) is 9.59 Å². The van der Waals surface area contributed by atoms with Crippen LogP contribution in [0.3, 0.4) is 0 Å². The van der Waals surface area contributed by atoms with Gasteiger partial charge in [0.1, 0.15) is 6.61 Å². The highest BCUT2D eigenvalue weighted by atomic mass is 16.5. The maximum atomic E-state index is 12.5. The van der Waals surface area contributed by atoms with Gasteiger partial charge in [-0.3, -0.25) is 14.6 Å². The first-order valence-electron chi connectivity index (χ1n) is 10.9. The van der Waals surface area contributed by atoms with Crippen LogP contribution in [0.2, 0.25) is 0 Å². The van der Waals surface area contributed by atoms with Crippen molar-refractivity contribution >= 4 is 17.8 Å². The average Bonchev–Trinajstić information content (AvgIpc) is 2.85. The molecule has 2 aromatic rings. The Bertz CT molecular complexity index is 1010. The Hall–Kier alpha value is -3.75. The van der Waals surface area contributed by atoms with E-state index in [4.69, 9.17) is 4.74 Å². The molecule has 1 aliphatic heterocycles. The van der Waals surface area contributed by atoms with Gasteiger partial charge in [0.15, 0.2) is 5.75 Å². The second kappa shape index (κ2) is 11.8. The molecule has 3 heterocycles. The minimum Gasteiger partial charge on any atom is -0.486 e. The highest BCUT2D eigenvalue weighted by molar-refractivity contribution is 5.96. The number of hydrogen-bond donors (Lipinski definition) is 1. The number of aryl methyl sites for hydroxylation is 1. The standard InChI is InChI=1S/C24H30N6O3/c1-4-5-6-18(2)17-33-21-14-27-24(28-15-21)30-11-9-29(10-12-30)22(31)16-26-23(32)20-7-8-25-19(3)13-20/h4-8,13-15H,9-12,16-17H2,1-3H3,(H,26,32). The van der Waals surface area contributed by atoms with Gasteiger partial charge in [-0.1, -0.05) is 18.2 Å². The number of amides is 2. The number of ether oxygens (including phenoxy) is 1. The molecule has 0 unspecified atom stereocenters. The Kier molecular flexibility index (Phi) is 8.51. The minimum absolute atomic E-state index is 0.0371. The van der Waals surface area contributed by atoms with Crippen LogP contribution in [0.15, 0.2) is 54.5 Å². The molecule has 1 fully saturated rings. The topological polar surface area (TPSA) is 101 Å². The Morgan fingerprint density at radius 1 is 1.15 bits per heavy atom. The summed E-state index contributed by atoms with van der Waals surface area (Å²) in [7, 11) is 0. The predicted octanol–water partition coefficient (Wildman–Crippen LogP) is 2.16. The molecule has 1 saturated heterocycles. The van der Waals surface area contributed by atoms with Crippen molar-refractivity contribution in [2.45, 2.75) is 20.8 Å². The van der Waals surface area contributed by atoms with Crippen molar-refractivity contribution < 1.29 is 14.3 Å². The fraction of sp³-hybridized carbons (Fsp3) is 0.375. The number of nitrogens with zero attached hydrogens (tertiary/aromatic N) is 5. The molecular formula is C24H30N6O3. The summed E-state index contributed by atoms with van der Waals surface area (Å²) >= 11 is 0. The maximum absolute atomic E-state index is 12.5. The number of aromatic nitrogens is 3. The molecule has 2 aromatic heterocycles. The molecule has 1 N–H and O–H groups in total. The van der Waals surface area contributed by atoms with Gasteiger partial charge in [-0.25, -0.2) is 9.97 Å². The zero-order valence-electron chi connectivity index (χ0n) is 19.3. The third-order valence-corrected chi connectivity index (χ3v) is 5.13. The summed E-state index contributed by atoms with van der Waals surface area (Å²) in [6.07, 6.45) is 10.8. The first-order chi connectivity index (χ1) is 16.0. The first-order valence-corrected chi connectivity index (χ1v) is 10.9. The van der Waals surface area contributed by atoms with E-state index in [-0.39, 0.29) is 18.4 Å². The fourth-order valence-electron chi connectivity index (χ4n) is 3.27. The van der Waals surface area contributed by atoms with E-state index in [2.05, 4.69) is 20.3 Å². The van der Waals surface area contributed by atoms with Crippen molar-refractivity contribution in [2.24, 2.45) is 0 Å². The fourth-order valence-corrected chi connectivity index (χ4v) is 3.27. The highest BCUT2D eigenvalue weighted by Gasteiger charge is 2.23. The van der Waals surface area contributed by atoms with Gasteiger partial charge in [-0.15, -0.1) is 0 Å². The van der Waals surface area contributed by atoms with Crippen molar-refractivity contribution in [1.82, 2.24) is 25.2 Å². The lowest BCUT2D eigenvalue weighted by Gasteiger charge is -2.34. The Labute approximate surface area is 194 Å². The summed E-state index contributed by atoms with van der Waals surface area (Å²) in [5.74, 6) is 0.827. The summed E-state index contributed by atoms with van der Waals surface area (Å²) in [5, 5.41) is 2.69. The first kappa shape index (κ1) is 23.9. The van der Waals surface area contributed by atoms with Crippen LogP contribution in [0.5, 0.6) is 5.75 Å². The smallest absolute Gasteiger partial charge is 0.251 e. The zero-order chi connectivity index (χ0) is 23.6. The zero-order valence-corrected chi connectivity index (χ0v) is 19.3. The van der Waals surface area contributed by atoms with Crippen LogP contribution in [-0.4, -0.2) is 71.0 Å². The summed E-state index contributed by atoms with van der Waals surface area (Å²) in [4.78, 5) is 41.4. The molecule has 0 aromatic carbocycles. The number of nitrogens with one attached hydrogen (secondary N) is 1. The van der Waals surface area contributed by atoms with Crippen molar-refractivity contribution in [2.75, 3.05) is 44.2 Å². The molecule has 3 rings (SSSR count). The van der Waals surface area contributed by atoms with E-state index in [0.29, 0.717) is 50.0 Å². The average molecular weight is 451 g/mol. The highest BCUT2D eigenvalue weighted by Crippen LogP contribution is 2.15. The molecule has 1 aliphatic rings. The van der Waals surface area contributed by atoms with Gasteiger partial charge in [-0.2, -0.15) is 0 Å². The Morgan fingerprint density at radius 3 is 2.55 bits per heavy atom. The number of carbonyl (C=O) groups is 2. The molecule has 0 spiro atoms. The molecule has 9 heteroatoms. The van der Waals surface area contributed by atoms with Crippen LogP contribution in [0.1, 0.15) is 29.9 Å². The third-order valence-electron chi connectivity index (χ3n) is 5.13. The van der Waals surface area contributed by atoms with Crippen LogP contribution in [0, 0.1) is 6.92 Å². The molecule has 9 nitrogen and oxygen atoms in total. The molecule has 174 valence electrons. The second-order valence-corrected chi connectivity index (χ2v) is 7.78. The van der Waals surface area contributed by atoms with Gasteiger partial charge in [0.05, 0.1) is 18.9 Å².